The molecule has 0 spiro atoms. The average molecular weight is 416 g/mol. The lowest BCUT2D eigenvalue weighted by Crippen LogP contribution is -2.64. The molecule has 2 aliphatic carbocycles. The molecule has 0 aromatic rings. The molecule has 3 aliphatic heterocycles. The van der Waals surface area contributed by atoms with Crippen LogP contribution in [0.25, 0.3) is 0 Å². The number of hydrogen-bond acceptors (Lipinski definition) is 4. The van der Waals surface area contributed by atoms with Gasteiger partial charge in [0.25, 0.3) is 0 Å². The summed E-state index contributed by atoms with van der Waals surface area (Å²) in [4.78, 5) is 31.0. The number of piperidine rings is 3. The van der Waals surface area contributed by atoms with Gasteiger partial charge in [0.2, 0.25) is 0 Å². The fourth-order valence-corrected chi connectivity index (χ4v) is 7.21. The lowest BCUT2D eigenvalue weighted by molar-refractivity contribution is -0.149. The number of hydrogen-bond donors (Lipinski definition) is 1. The Morgan fingerprint density at radius 2 is 1.93 bits per heavy atom. The van der Waals surface area contributed by atoms with Crippen LogP contribution in [0.5, 0.6) is 0 Å². The summed E-state index contributed by atoms with van der Waals surface area (Å²) in [5.41, 5.74) is 0.645. The van der Waals surface area contributed by atoms with Crippen LogP contribution in [0.1, 0.15) is 70.6 Å². The minimum absolute atomic E-state index is 0.0582. The fourth-order valence-electron chi connectivity index (χ4n) is 7.21. The number of urea groups is 1. The van der Waals surface area contributed by atoms with Crippen molar-refractivity contribution in [3.05, 3.63) is 11.6 Å². The molecule has 1 saturated carbocycles. The topological polar surface area (TPSA) is 61.9 Å². The Morgan fingerprint density at radius 3 is 2.73 bits per heavy atom. The van der Waals surface area contributed by atoms with Crippen molar-refractivity contribution in [2.45, 2.75) is 88.3 Å². The quantitative estimate of drug-likeness (QED) is 0.554. The van der Waals surface area contributed by atoms with E-state index in [9.17, 15) is 9.59 Å². The van der Waals surface area contributed by atoms with E-state index in [-0.39, 0.29) is 18.0 Å². The molecular formula is C24H37N3O3. The van der Waals surface area contributed by atoms with E-state index in [0.29, 0.717) is 24.7 Å². The number of rotatable bonds is 2. The van der Waals surface area contributed by atoms with Crippen LogP contribution in [0.3, 0.4) is 0 Å². The molecular weight excluding hydrogens is 378 g/mol. The molecule has 5 aliphatic rings. The van der Waals surface area contributed by atoms with E-state index in [0.717, 1.165) is 51.2 Å². The predicted molar refractivity (Wildman–Crippen MR) is 115 cm³/mol. The molecule has 2 amide bonds. The zero-order chi connectivity index (χ0) is 20.7. The van der Waals surface area contributed by atoms with E-state index in [1.807, 2.05) is 0 Å². The highest BCUT2D eigenvalue weighted by Gasteiger charge is 2.49. The molecule has 3 saturated heterocycles. The first-order valence-electron chi connectivity index (χ1n) is 12.2. The number of carbonyl (C=O) groups excluding carboxylic acids is 2. The number of nitrogens with one attached hydrogen (secondary N) is 1. The standard InChI is InChI=1S/C24H37N3O3/c1-30-22(28)24(10-4-2-5-11-24)25-23(29)27-13-7-8-17-14-18-15-19(21(17)27)16-26-12-6-3-9-20(18)26/h14,18-21H,2-13,15-16H2,1H3,(H,25,29)/t18-,19-,20+,21-/m0/s1. The summed E-state index contributed by atoms with van der Waals surface area (Å²) >= 11 is 0. The summed E-state index contributed by atoms with van der Waals surface area (Å²) in [5, 5.41) is 3.19. The molecule has 0 radical (unpaired) electrons. The molecule has 0 unspecified atom stereocenters. The maximum atomic E-state index is 13.6. The van der Waals surface area contributed by atoms with Crippen molar-refractivity contribution in [2.24, 2.45) is 11.8 Å². The summed E-state index contributed by atoms with van der Waals surface area (Å²) < 4.78 is 5.12. The second kappa shape index (κ2) is 8.18. The Hall–Kier alpha value is -1.56. The maximum Gasteiger partial charge on any atom is 0.331 e. The van der Waals surface area contributed by atoms with Crippen LogP contribution in [0.15, 0.2) is 11.6 Å². The van der Waals surface area contributed by atoms with Gasteiger partial charge in [-0.3, -0.25) is 4.90 Å². The summed E-state index contributed by atoms with van der Waals surface area (Å²) in [6.07, 6.45) is 14.3. The normalized spacial score (nSPS) is 35.5. The van der Waals surface area contributed by atoms with Gasteiger partial charge < -0.3 is 15.0 Å². The van der Waals surface area contributed by atoms with Gasteiger partial charge in [-0.25, -0.2) is 9.59 Å². The lowest BCUT2D eigenvalue weighted by Gasteiger charge is -2.55. The van der Waals surface area contributed by atoms with Gasteiger partial charge in [-0.05, 0) is 63.3 Å². The second-order valence-corrected chi connectivity index (χ2v) is 10.3. The number of nitrogens with zero attached hydrogens (tertiary/aromatic N) is 2. The lowest BCUT2D eigenvalue weighted by atomic mass is 9.68. The molecule has 0 aromatic heterocycles. The summed E-state index contributed by atoms with van der Waals surface area (Å²) in [6.45, 7) is 3.12. The van der Waals surface area contributed by atoms with Crippen molar-refractivity contribution < 1.29 is 14.3 Å². The van der Waals surface area contributed by atoms with Crippen molar-refractivity contribution in [1.82, 2.24) is 15.1 Å². The number of ether oxygens (including phenoxy) is 1. The first kappa shape index (κ1) is 20.3. The van der Waals surface area contributed by atoms with Crippen LogP contribution in [-0.4, -0.2) is 66.2 Å². The summed E-state index contributed by atoms with van der Waals surface area (Å²) in [5.74, 6) is 0.912. The molecule has 6 nitrogen and oxygen atoms in total. The van der Waals surface area contributed by atoms with Crippen LogP contribution in [-0.2, 0) is 9.53 Å². The van der Waals surface area contributed by atoms with Crippen molar-refractivity contribution in [3.8, 4) is 0 Å². The zero-order valence-corrected chi connectivity index (χ0v) is 18.4. The number of carbonyl (C=O) groups is 2. The molecule has 6 heteroatoms. The third-order valence-electron chi connectivity index (χ3n) is 8.55. The van der Waals surface area contributed by atoms with Gasteiger partial charge in [0, 0.05) is 19.1 Å². The van der Waals surface area contributed by atoms with Gasteiger partial charge in [-0.2, -0.15) is 0 Å². The third kappa shape index (κ3) is 3.45. The van der Waals surface area contributed by atoms with Crippen molar-refractivity contribution in [1.29, 1.82) is 0 Å². The van der Waals surface area contributed by atoms with Gasteiger partial charge in [0.15, 0.2) is 0 Å². The predicted octanol–water partition coefficient (Wildman–Crippen LogP) is 3.47. The van der Waals surface area contributed by atoms with E-state index in [1.54, 1.807) is 0 Å². The van der Waals surface area contributed by atoms with Gasteiger partial charge >= 0.3 is 12.0 Å². The Balaban J connectivity index is 1.37. The molecule has 166 valence electrons. The van der Waals surface area contributed by atoms with Gasteiger partial charge in [-0.1, -0.05) is 37.3 Å². The highest BCUT2D eigenvalue weighted by Crippen LogP contribution is 2.45. The molecule has 4 atom stereocenters. The number of esters is 1. The largest absolute Gasteiger partial charge is 0.467 e. The molecule has 0 aromatic carbocycles. The first-order chi connectivity index (χ1) is 14.6. The van der Waals surface area contributed by atoms with E-state index in [1.165, 1.54) is 44.9 Å². The van der Waals surface area contributed by atoms with E-state index < -0.39 is 5.54 Å². The highest BCUT2D eigenvalue weighted by molar-refractivity contribution is 5.87. The smallest absolute Gasteiger partial charge is 0.331 e. The monoisotopic (exact) mass is 415 g/mol. The third-order valence-corrected chi connectivity index (χ3v) is 8.55. The minimum atomic E-state index is -0.840. The van der Waals surface area contributed by atoms with Crippen LogP contribution < -0.4 is 5.32 Å². The van der Waals surface area contributed by atoms with E-state index in [2.05, 4.69) is 21.2 Å². The number of amides is 2. The molecule has 1 N–H and O–H groups in total. The van der Waals surface area contributed by atoms with E-state index >= 15 is 0 Å². The Morgan fingerprint density at radius 1 is 1.10 bits per heavy atom. The highest BCUT2D eigenvalue weighted by atomic mass is 16.5. The average Bonchev–Trinajstić information content (AvgIpc) is 2.78. The van der Waals surface area contributed by atoms with E-state index in [4.69, 9.17) is 4.74 Å². The van der Waals surface area contributed by atoms with Crippen molar-refractivity contribution >= 4 is 12.0 Å². The number of likely N-dealkylation sites (tertiary alicyclic amines) is 1. The maximum absolute atomic E-state index is 13.6. The zero-order valence-electron chi connectivity index (χ0n) is 18.4. The molecule has 5 rings (SSSR count). The molecule has 3 heterocycles. The Kier molecular flexibility index (Phi) is 5.55. The van der Waals surface area contributed by atoms with Crippen molar-refractivity contribution in [3.63, 3.8) is 0 Å². The molecule has 2 bridgehead atoms. The SMILES string of the molecule is COC(=O)C1(NC(=O)N2CCCC3=C[C@H]4C[C@@H](CN5CCCC[C@H]45)[C@H]32)CCCCC1. The van der Waals surface area contributed by atoms with Crippen LogP contribution >= 0.6 is 0 Å². The van der Waals surface area contributed by atoms with Gasteiger partial charge in [0.05, 0.1) is 13.2 Å². The Labute approximate surface area is 180 Å². The van der Waals surface area contributed by atoms with Gasteiger partial charge in [0.1, 0.15) is 5.54 Å². The number of methoxy groups -OCH3 is 1. The summed E-state index contributed by atoms with van der Waals surface area (Å²) in [7, 11) is 1.44. The Bertz CT molecular complexity index is 714. The molecule has 30 heavy (non-hydrogen) atoms. The van der Waals surface area contributed by atoms with Crippen LogP contribution in [0.4, 0.5) is 4.79 Å². The second-order valence-electron chi connectivity index (χ2n) is 10.3. The first-order valence-corrected chi connectivity index (χ1v) is 12.2. The van der Waals surface area contributed by atoms with Crippen molar-refractivity contribution in [2.75, 3.05) is 26.7 Å². The van der Waals surface area contributed by atoms with Crippen LogP contribution in [0, 0.1) is 11.8 Å². The minimum Gasteiger partial charge on any atom is -0.467 e. The number of fused-ring (bicyclic) bond motifs is 6. The van der Waals surface area contributed by atoms with Gasteiger partial charge in [-0.15, -0.1) is 0 Å². The molecule has 4 fully saturated rings. The summed E-state index contributed by atoms with van der Waals surface area (Å²) in [6, 6.07) is 0.866. The van der Waals surface area contributed by atoms with Crippen LogP contribution in [0.2, 0.25) is 0 Å². The fraction of sp³-hybridized carbons (Fsp3) is 0.833.